The first-order valence-electron chi connectivity index (χ1n) is 11.6. The van der Waals surface area contributed by atoms with Crippen LogP contribution < -0.4 is 10.6 Å². The van der Waals surface area contributed by atoms with Crippen molar-refractivity contribution in [2.45, 2.75) is 59.0 Å². The van der Waals surface area contributed by atoms with E-state index < -0.39 is 5.97 Å². The zero-order chi connectivity index (χ0) is 23.4. The zero-order valence-corrected chi connectivity index (χ0v) is 19.2. The van der Waals surface area contributed by atoms with Crippen molar-refractivity contribution < 1.29 is 14.7 Å². The van der Waals surface area contributed by atoms with E-state index in [0.29, 0.717) is 0 Å². The Hall–Kier alpha value is -3.26. The highest BCUT2D eigenvalue weighted by atomic mass is 16.4. The van der Waals surface area contributed by atoms with E-state index in [1.807, 2.05) is 12.1 Å². The second kappa shape index (κ2) is 10.1. The molecule has 33 heavy (non-hydrogen) atoms. The van der Waals surface area contributed by atoms with Crippen molar-refractivity contribution in [1.82, 2.24) is 20.1 Å². The monoisotopic (exact) mass is 449 g/mol. The Morgan fingerprint density at radius 1 is 1.12 bits per heavy atom. The van der Waals surface area contributed by atoms with Gasteiger partial charge in [-0.2, -0.15) is 5.10 Å². The smallest absolute Gasteiger partial charge is 0.300 e. The number of hydrogen-bond donors (Lipinski definition) is 3. The highest BCUT2D eigenvalue weighted by Crippen LogP contribution is 2.29. The number of carboxylic acids is 1. The Balaban J connectivity index is 0.000000601. The predicted molar refractivity (Wildman–Crippen MR) is 128 cm³/mol. The molecule has 0 saturated heterocycles. The summed E-state index contributed by atoms with van der Waals surface area (Å²) in [7, 11) is 0. The van der Waals surface area contributed by atoms with Gasteiger partial charge in [-0.1, -0.05) is 18.9 Å². The lowest BCUT2D eigenvalue weighted by Gasteiger charge is -2.12. The Kier molecular flexibility index (Phi) is 7.03. The molecule has 8 nitrogen and oxygen atoms in total. The molecule has 0 radical (unpaired) electrons. The molecule has 3 N–H and O–H groups in total. The molecule has 0 spiro atoms. The van der Waals surface area contributed by atoms with Gasteiger partial charge in [0.2, 0.25) is 5.91 Å². The van der Waals surface area contributed by atoms with Crippen molar-refractivity contribution in [3.05, 3.63) is 41.6 Å². The highest BCUT2D eigenvalue weighted by molar-refractivity contribution is 5.95. The van der Waals surface area contributed by atoms with E-state index in [9.17, 15) is 4.79 Å². The zero-order valence-electron chi connectivity index (χ0n) is 19.2. The summed E-state index contributed by atoms with van der Waals surface area (Å²) in [5, 5.41) is 19.9. The molecule has 8 heteroatoms. The second-order valence-electron chi connectivity index (χ2n) is 8.82. The first kappa shape index (κ1) is 22.9. The maximum atomic E-state index is 12.5. The standard InChI is InChI=1S/C23H27N5O.C2H4O2/c1-15-11-21(22-13-18-14-24-9-4-10-28(18)27-22)26-20-12-17(7-8-19(15)20)25-23(29)16-5-2-3-6-16;1-2(3)4/h7-8,11-13,16,24H,2-6,9-10,14H2,1H3,(H,25,29);1H3,(H,3,4). The Morgan fingerprint density at radius 3 is 2.64 bits per heavy atom. The van der Waals surface area contributed by atoms with E-state index in [-0.39, 0.29) is 11.8 Å². The average Bonchev–Trinajstić information content (AvgIpc) is 3.39. The summed E-state index contributed by atoms with van der Waals surface area (Å²) in [5.41, 5.74) is 5.88. The molecule has 1 aliphatic heterocycles. The number of aromatic nitrogens is 3. The number of benzene rings is 1. The third-order valence-electron chi connectivity index (χ3n) is 6.17. The number of nitrogens with one attached hydrogen (secondary N) is 2. The Morgan fingerprint density at radius 2 is 1.88 bits per heavy atom. The van der Waals surface area contributed by atoms with E-state index in [0.717, 1.165) is 86.6 Å². The number of anilines is 1. The molecule has 2 aromatic heterocycles. The summed E-state index contributed by atoms with van der Waals surface area (Å²) in [4.78, 5) is 26.4. The Labute approximate surface area is 193 Å². The van der Waals surface area contributed by atoms with E-state index in [2.05, 4.69) is 40.4 Å². The molecule has 1 fully saturated rings. The molecule has 2 aliphatic rings. The summed E-state index contributed by atoms with van der Waals surface area (Å²) < 4.78 is 2.09. The van der Waals surface area contributed by atoms with Gasteiger partial charge in [-0.15, -0.1) is 0 Å². The summed E-state index contributed by atoms with van der Waals surface area (Å²) in [5.74, 6) is -0.540. The van der Waals surface area contributed by atoms with Gasteiger partial charge < -0.3 is 15.7 Å². The average molecular weight is 450 g/mol. The maximum absolute atomic E-state index is 12.5. The number of nitrogens with zero attached hydrogens (tertiary/aromatic N) is 3. The molecule has 5 rings (SSSR count). The molecule has 3 aromatic rings. The number of carbonyl (C=O) groups excluding carboxylic acids is 1. The van der Waals surface area contributed by atoms with Crippen LogP contribution in [0.3, 0.4) is 0 Å². The summed E-state index contributed by atoms with van der Waals surface area (Å²) in [6.07, 6.45) is 5.40. The van der Waals surface area contributed by atoms with Crippen LogP contribution in [0.5, 0.6) is 0 Å². The van der Waals surface area contributed by atoms with Gasteiger partial charge >= 0.3 is 0 Å². The number of hydrogen-bond acceptors (Lipinski definition) is 5. The third-order valence-corrected chi connectivity index (χ3v) is 6.17. The number of pyridine rings is 1. The second-order valence-corrected chi connectivity index (χ2v) is 8.82. The first-order chi connectivity index (χ1) is 15.9. The number of fused-ring (bicyclic) bond motifs is 2. The van der Waals surface area contributed by atoms with Gasteiger partial charge in [-0.05, 0) is 62.6 Å². The van der Waals surface area contributed by atoms with Gasteiger partial charge in [0.25, 0.3) is 5.97 Å². The van der Waals surface area contributed by atoms with Crippen LogP contribution in [0.25, 0.3) is 22.3 Å². The molecular formula is C25H31N5O3. The van der Waals surface area contributed by atoms with Crippen molar-refractivity contribution in [3.8, 4) is 11.4 Å². The molecule has 1 aliphatic carbocycles. The maximum Gasteiger partial charge on any atom is 0.300 e. The summed E-state index contributed by atoms with van der Waals surface area (Å²) in [6.45, 7) is 6.00. The fourth-order valence-electron chi connectivity index (χ4n) is 4.53. The van der Waals surface area contributed by atoms with Gasteiger partial charge in [0, 0.05) is 37.0 Å². The highest BCUT2D eigenvalue weighted by Gasteiger charge is 2.22. The van der Waals surface area contributed by atoms with Crippen molar-refractivity contribution >= 4 is 28.5 Å². The van der Waals surface area contributed by atoms with Crippen molar-refractivity contribution in [1.29, 1.82) is 0 Å². The van der Waals surface area contributed by atoms with E-state index in [1.54, 1.807) is 0 Å². The fraction of sp³-hybridized carbons (Fsp3) is 0.440. The molecule has 174 valence electrons. The molecule has 1 aromatic carbocycles. The largest absolute Gasteiger partial charge is 0.481 e. The summed E-state index contributed by atoms with van der Waals surface area (Å²) in [6, 6.07) is 10.3. The minimum atomic E-state index is -0.833. The number of aryl methyl sites for hydroxylation is 2. The lowest BCUT2D eigenvalue weighted by Crippen LogP contribution is -2.20. The van der Waals surface area contributed by atoms with E-state index in [4.69, 9.17) is 20.0 Å². The number of carboxylic acid groups (broad SMARTS) is 1. The van der Waals surface area contributed by atoms with Crippen LogP contribution in [0.4, 0.5) is 5.69 Å². The van der Waals surface area contributed by atoms with E-state index >= 15 is 0 Å². The summed E-state index contributed by atoms with van der Waals surface area (Å²) >= 11 is 0. The molecular weight excluding hydrogens is 418 g/mol. The number of aliphatic carboxylic acids is 1. The third kappa shape index (κ3) is 5.57. The molecule has 0 unspecified atom stereocenters. The Bertz CT molecular complexity index is 1140. The normalized spacial score (nSPS) is 15.9. The predicted octanol–water partition coefficient (Wildman–Crippen LogP) is 4.12. The van der Waals surface area contributed by atoms with Crippen molar-refractivity contribution in [2.75, 3.05) is 11.9 Å². The van der Waals surface area contributed by atoms with Gasteiger partial charge in [-0.3, -0.25) is 14.3 Å². The first-order valence-corrected chi connectivity index (χ1v) is 11.6. The minimum Gasteiger partial charge on any atom is -0.481 e. The van der Waals surface area contributed by atoms with Crippen LogP contribution in [0.15, 0.2) is 30.3 Å². The van der Waals surface area contributed by atoms with Crippen LogP contribution in [-0.2, 0) is 22.7 Å². The molecule has 1 amide bonds. The van der Waals surface area contributed by atoms with Crippen LogP contribution in [0.1, 0.15) is 50.3 Å². The number of carbonyl (C=O) groups is 2. The number of rotatable bonds is 3. The van der Waals surface area contributed by atoms with Gasteiger partial charge in [0.15, 0.2) is 0 Å². The lowest BCUT2D eigenvalue weighted by molar-refractivity contribution is -0.134. The molecule has 1 saturated carbocycles. The van der Waals surface area contributed by atoms with Gasteiger partial charge in [0.05, 0.1) is 16.9 Å². The topological polar surface area (TPSA) is 109 Å². The van der Waals surface area contributed by atoms with Crippen molar-refractivity contribution in [3.63, 3.8) is 0 Å². The van der Waals surface area contributed by atoms with Gasteiger partial charge in [-0.25, -0.2) is 4.98 Å². The van der Waals surface area contributed by atoms with E-state index in [1.165, 1.54) is 11.3 Å². The molecule has 3 heterocycles. The molecule has 0 atom stereocenters. The minimum absolute atomic E-state index is 0.139. The van der Waals surface area contributed by atoms with Crippen LogP contribution in [0, 0.1) is 12.8 Å². The lowest BCUT2D eigenvalue weighted by atomic mass is 10.1. The SMILES string of the molecule is CC(=O)O.Cc1cc(-c2cc3n(n2)CCCNC3)nc2cc(NC(=O)C3CCCC3)ccc12. The van der Waals surface area contributed by atoms with Crippen LogP contribution >= 0.6 is 0 Å². The fourth-order valence-corrected chi connectivity index (χ4v) is 4.53. The quantitative estimate of drug-likeness (QED) is 0.555. The van der Waals surface area contributed by atoms with Gasteiger partial charge in [0.1, 0.15) is 5.69 Å². The van der Waals surface area contributed by atoms with Crippen LogP contribution in [0.2, 0.25) is 0 Å². The van der Waals surface area contributed by atoms with Crippen LogP contribution in [-0.4, -0.2) is 38.3 Å². The van der Waals surface area contributed by atoms with Crippen molar-refractivity contribution in [2.24, 2.45) is 5.92 Å². The number of amides is 1. The molecule has 0 bridgehead atoms.